The van der Waals surface area contributed by atoms with Gasteiger partial charge in [-0.15, -0.1) is 0 Å². The Morgan fingerprint density at radius 2 is 2.35 bits per heavy atom. The van der Waals surface area contributed by atoms with Crippen molar-refractivity contribution in [2.24, 2.45) is 11.7 Å². The standard InChI is InChI=1S/C15H21BrN2O2/c1-10(20-13-6-3-5-12(16)8-13)15(19)18-14-7-2-4-11(14)9-17/h3,5-6,8,10-11,14H,2,4,7,9,17H2,1H3,(H,18,19). The predicted octanol–water partition coefficient (Wildman–Crippen LogP) is 2.46. The van der Waals surface area contributed by atoms with E-state index in [2.05, 4.69) is 21.2 Å². The van der Waals surface area contributed by atoms with Gasteiger partial charge in [0.1, 0.15) is 5.75 Å². The lowest BCUT2D eigenvalue weighted by atomic mass is 10.0. The van der Waals surface area contributed by atoms with Crippen molar-refractivity contribution in [3.63, 3.8) is 0 Å². The number of rotatable bonds is 5. The van der Waals surface area contributed by atoms with Crippen LogP contribution in [0.5, 0.6) is 5.75 Å². The fraction of sp³-hybridized carbons (Fsp3) is 0.533. The Labute approximate surface area is 128 Å². The topological polar surface area (TPSA) is 64.3 Å². The summed E-state index contributed by atoms with van der Waals surface area (Å²) >= 11 is 3.38. The van der Waals surface area contributed by atoms with Crippen LogP contribution in [0.15, 0.2) is 28.7 Å². The second-order valence-electron chi connectivity index (χ2n) is 5.26. The first kappa shape index (κ1) is 15.3. The number of halogens is 1. The number of benzene rings is 1. The number of hydrogen-bond acceptors (Lipinski definition) is 3. The molecule has 1 aromatic rings. The first-order chi connectivity index (χ1) is 9.60. The maximum absolute atomic E-state index is 12.2. The van der Waals surface area contributed by atoms with Gasteiger partial charge < -0.3 is 15.8 Å². The highest BCUT2D eigenvalue weighted by molar-refractivity contribution is 9.10. The van der Waals surface area contributed by atoms with Crippen LogP contribution in [0, 0.1) is 5.92 Å². The molecule has 3 unspecified atom stereocenters. The average Bonchev–Trinajstić information content (AvgIpc) is 2.85. The Bertz CT molecular complexity index is 467. The van der Waals surface area contributed by atoms with Crippen LogP contribution in [-0.2, 0) is 4.79 Å². The zero-order valence-electron chi connectivity index (χ0n) is 11.6. The zero-order valence-corrected chi connectivity index (χ0v) is 13.2. The van der Waals surface area contributed by atoms with Gasteiger partial charge in [-0.2, -0.15) is 0 Å². The molecule has 0 bridgehead atoms. The molecule has 0 radical (unpaired) electrons. The Hall–Kier alpha value is -1.07. The van der Waals surface area contributed by atoms with Gasteiger partial charge in [-0.3, -0.25) is 4.79 Å². The zero-order chi connectivity index (χ0) is 14.5. The molecule has 1 aromatic carbocycles. The quantitative estimate of drug-likeness (QED) is 0.865. The van der Waals surface area contributed by atoms with Crippen LogP contribution in [-0.4, -0.2) is 24.6 Å². The van der Waals surface area contributed by atoms with Crippen molar-refractivity contribution in [2.75, 3.05) is 6.54 Å². The summed E-state index contributed by atoms with van der Waals surface area (Å²) in [5.41, 5.74) is 5.73. The van der Waals surface area contributed by atoms with E-state index in [4.69, 9.17) is 10.5 Å². The fourth-order valence-electron chi connectivity index (χ4n) is 2.61. The molecule has 0 spiro atoms. The summed E-state index contributed by atoms with van der Waals surface area (Å²) in [6.07, 6.45) is 2.73. The molecule has 0 aromatic heterocycles. The van der Waals surface area contributed by atoms with Crippen molar-refractivity contribution >= 4 is 21.8 Å². The van der Waals surface area contributed by atoms with Gasteiger partial charge in [-0.1, -0.05) is 28.4 Å². The molecule has 1 aliphatic carbocycles. The number of carbonyl (C=O) groups is 1. The van der Waals surface area contributed by atoms with Gasteiger partial charge in [-0.25, -0.2) is 0 Å². The minimum absolute atomic E-state index is 0.0738. The highest BCUT2D eigenvalue weighted by Crippen LogP contribution is 2.25. The predicted molar refractivity (Wildman–Crippen MR) is 82.6 cm³/mol. The fourth-order valence-corrected chi connectivity index (χ4v) is 2.99. The summed E-state index contributed by atoms with van der Waals surface area (Å²) in [6.45, 7) is 2.40. The number of nitrogens with two attached hydrogens (primary N) is 1. The molecule has 0 heterocycles. The summed E-state index contributed by atoms with van der Waals surface area (Å²) in [6, 6.07) is 7.68. The number of nitrogens with one attached hydrogen (secondary N) is 1. The number of amides is 1. The lowest BCUT2D eigenvalue weighted by molar-refractivity contribution is -0.128. The van der Waals surface area contributed by atoms with E-state index in [0.717, 1.165) is 23.7 Å². The lowest BCUT2D eigenvalue weighted by Crippen LogP contribution is -2.45. The van der Waals surface area contributed by atoms with E-state index >= 15 is 0 Å². The highest BCUT2D eigenvalue weighted by atomic mass is 79.9. The Kier molecular flexibility index (Phi) is 5.43. The second-order valence-corrected chi connectivity index (χ2v) is 6.17. The van der Waals surface area contributed by atoms with Crippen molar-refractivity contribution in [3.8, 4) is 5.75 Å². The molecule has 3 N–H and O–H groups in total. The summed E-state index contributed by atoms with van der Waals surface area (Å²) < 4.78 is 6.59. The highest BCUT2D eigenvalue weighted by Gasteiger charge is 2.29. The van der Waals surface area contributed by atoms with Crippen molar-refractivity contribution in [3.05, 3.63) is 28.7 Å². The summed E-state index contributed by atoms with van der Waals surface area (Å²) in [5.74, 6) is 1.01. The summed E-state index contributed by atoms with van der Waals surface area (Å²) in [5, 5.41) is 3.06. The largest absolute Gasteiger partial charge is 0.481 e. The molecule has 110 valence electrons. The Morgan fingerprint density at radius 1 is 1.55 bits per heavy atom. The van der Waals surface area contributed by atoms with E-state index in [1.54, 1.807) is 6.92 Å². The van der Waals surface area contributed by atoms with Crippen molar-refractivity contribution in [1.82, 2.24) is 5.32 Å². The van der Waals surface area contributed by atoms with Crippen LogP contribution in [0.25, 0.3) is 0 Å². The van der Waals surface area contributed by atoms with E-state index < -0.39 is 6.10 Å². The lowest BCUT2D eigenvalue weighted by Gasteiger charge is -2.22. The van der Waals surface area contributed by atoms with Crippen molar-refractivity contribution in [1.29, 1.82) is 0 Å². The Balaban J connectivity index is 1.89. The van der Waals surface area contributed by atoms with Gasteiger partial charge in [0.05, 0.1) is 0 Å². The van der Waals surface area contributed by atoms with E-state index in [1.807, 2.05) is 24.3 Å². The molecule has 1 fully saturated rings. The van der Waals surface area contributed by atoms with Gasteiger partial charge in [0.25, 0.3) is 5.91 Å². The summed E-state index contributed by atoms with van der Waals surface area (Å²) in [7, 11) is 0. The number of ether oxygens (including phenoxy) is 1. The monoisotopic (exact) mass is 340 g/mol. The first-order valence-electron chi connectivity index (χ1n) is 7.03. The van der Waals surface area contributed by atoms with Crippen LogP contribution in [0.3, 0.4) is 0 Å². The van der Waals surface area contributed by atoms with Crippen LogP contribution >= 0.6 is 15.9 Å². The van der Waals surface area contributed by atoms with E-state index in [1.165, 1.54) is 0 Å². The molecule has 4 nitrogen and oxygen atoms in total. The molecule has 1 saturated carbocycles. The van der Waals surface area contributed by atoms with Crippen LogP contribution < -0.4 is 15.8 Å². The molecule has 20 heavy (non-hydrogen) atoms. The molecule has 3 atom stereocenters. The second kappa shape index (κ2) is 7.09. The smallest absolute Gasteiger partial charge is 0.261 e. The normalized spacial score (nSPS) is 23.4. The van der Waals surface area contributed by atoms with E-state index in [-0.39, 0.29) is 11.9 Å². The molecule has 0 aliphatic heterocycles. The van der Waals surface area contributed by atoms with E-state index in [9.17, 15) is 4.79 Å². The molecule has 1 amide bonds. The maximum Gasteiger partial charge on any atom is 0.261 e. The van der Waals surface area contributed by atoms with Crippen LogP contribution in [0.4, 0.5) is 0 Å². The minimum atomic E-state index is -0.511. The minimum Gasteiger partial charge on any atom is -0.481 e. The maximum atomic E-state index is 12.2. The molecule has 2 rings (SSSR count). The molecular weight excluding hydrogens is 320 g/mol. The average molecular weight is 341 g/mol. The van der Waals surface area contributed by atoms with Gasteiger partial charge in [0.2, 0.25) is 0 Å². The van der Waals surface area contributed by atoms with Gasteiger partial charge in [0.15, 0.2) is 6.10 Å². The van der Waals surface area contributed by atoms with E-state index in [0.29, 0.717) is 18.2 Å². The number of carbonyl (C=O) groups excluding carboxylic acids is 1. The van der Waals surface area contributed by atoms with Gasteiger partial charge in [-0.05, 0) is 50.4 Å². The Morgan fingerprint density at radius 3 is 3.05 bits per heavy atom. The third kappa shape index (κ3) is 3.96. The number of hydrogen-bond donors (Lipinski definition) is 2. The molecule has 5 heteroatoms. The van der Waals surface area contributed by atoms with Gasteiger partial charge >= 0.3 is 0 Å². The first-order valence-corrected chi connectivity index (χ1v) is 7.82. The van der Waals surface area contributed by atoms with Crippen molar-refractivity contribution in [2.45, 2.75) is 38.3 Å². The van der Waals surface area contributed by atoms with Gasteiger partial charge in [0, 0.05) is 10.5 Å². The molecule has 0 saturated heterocycles. The molecular formula is C15H21BrN2O2. The van der Waals surface area contributed by atoms with Crippen LogP contribution in [0.2, 0.25) is 0 Å². The SMILES string of the molecule is CC(Oc1cccc(Br)c1)C(=O)NC1CCCC1CN. The molecule has 1 aliphatic rings. The van der Waals surface area contributed by atoms with Crippen LogP contribution in [0.1, 0.15) is 26.2 Å². The third-order valence-electron chi connectivity index (χ3n) is 3.77. The van der Waals surface area contributed by atoms with Crippen molar-refractivity contribution < 1.29 is 9.53 Å². The summed E-state index contributed by atoms with van der Waals surface area (Å²) in [4.78, 5) is 12.2. The third-order valence-corrected chi connectivity index (χ3v) is 4.26.